The summed E-state index contributed by atoms with van der Waals surface area (Å²) >= 11 is 0. The highest BCUT2D eigenvalue weighted by Crippen LogP contribution is 2.31. The molecule has 2 amide bonds. The fraction of sp³-hybridized carbons (Fsp3) is 0.857. The van der Waals surface area contributed by atoms with Gasteiger partial charge < -0.3 is 21.1 Å². The topological polar surface area (TPSA) is 95.7 Å². The van der Waals surface area contributed by atoms with E-state index in [0.29, 0.717) is 25.9 Å². The Labute approximate surface area is 119 Å². The Kier molecular flexibility index (Phi) is 4.52. The van der Waals surface area contributed by atoms with E-state index in [2.05, 4.69) is 5.32 Å². The van der Waals surface area contributed by atoms with E-state index in [4.69, 9.17) is 5.73 Å². The van der Waals surface area contributed by atoms with Crippen LogP contribution in [-0.4, -0.2) is 47.2 Å². The summed E-state index contributed by atoms with van der Waals surface area (Å²) in [6.45, 7) is 2.74. The summed E-state index contributed by atoms with van der Waals surface area (Å²) in [5, 5.41) is 12.2. The number of rotatable bonds is 2. The molecule has 1 saturated heterocycles. The molecule has 0 aromatic carbocycles. The lowest BCUT2D eigenvalue weighted by Gasteiger charge is -2.38. The second kappa shape index (κ2) is 5.99. The Balaban J connectivity index is 1.84. The third-order valence-corrected chi connectivity index (χ3v) is 4.80. The van der Waals surface area contributed by atoms with E-state index in [0.717, 1.165) is 25.7 Å². The Morgan fingerprint density at radius 2 is 1.85 bits per heavy atom. The van der Waals surface area contributed by atoms with Crippen molar-refractivity contribution in [3.05, 3.63) is 0 Å². The van der Waals surface area contributed by atoms with Crippen LogP contribution < -0.4 is 11.1 Å². The number of nitrogens with one attached hydrogen (secondary N) is 1. The van der Waals surface area contributed by atoms with E-state index in [-0.39, 0.29) is 18.1 Å². The normalized spacial score (nSPS) is 29.8. The zero-order chi connectivity index (χ0) is 14.8. The maximum Gasteiger partial charge on any atom is 0.317 e. The number of carboxylic acids is 1. The molecule has 114 valence electrons. The molecule has 2 rings (SSSR count). The van der Waals surface area contributed by atoms with Gasteiger partial charge in [0.15, 0.2) is 0 Å². The van der Waals surface area contributed by atoms with Gasteiger partial charge in [0.25, 0.3) is 0 Å². The molecule has 1 saturated carbocycles. The van der Waals surface area contributed by atoms with Crippen molar-refractivity contribution >= 4 is 12.0 Å². The van der Waals surface area contributed by atoms with Gasteiger partial charge in [-0.1, -0.05) is 12.8 Å². The molecule has 4 N–H and O–H groups in total. The first-order valence-corrected chi connectivity index (χ1v) is 7.47. The van der Waals surface area contributed by atoms with Gasteiger partial charge in [0.05, 0.1) is 5.41 Å². The average Bonchev–Trinajstić information content (AvgIpc) is 2.42. The van der Waals surface area contributed by atoms with E-state index in [1.165, 1.54) is 0 Å². The molecular formula is C14H25N3O3. The predicted octanol–water partition coefficient (Wildman–Crippen LogP) is 1.15. The Bertz CT molecular complexity index is 378. The monoisotopic (exact) mass is 283 g/mol. The van der Waals surface area contributed by atoms with Gasteiger partial charge in [-0.25, -0.2) is 4.79 Å². The van der Waals surface area contributed by atoms with Crippen molar-refractivity contribution in [2.45, 2.75) is 57.5 Å². The summed E-state index contributed by atoms with van der Waals surface area (Å²) in [7, 11) is 0. The van der Waals surface area contributed by atoms with Crippen LogP contribution >= 0.6 is 0 Å². The van der Waals surface area contributed by atoms with Crippen molar-refractivity contribution in [3.63, 3.8) is 0 Å². The van der Waals surface area contributed by atoms with Gasteiger partial charge in [-0.05, 0) is 32.6 Å². The quantitative estimate of drug-likeness (QED) is 0.708. The summed E-state index contributed by atoms with van der Waals surface area (Å²) in [5.41, 5.74) is 5.33. The molecule has 2 fully saturated rings. The first-order chi connectivity index (χ1) is 9.42. The number of carboxylic acid groups (broad SMARTS) is 1. The van der Waals surface area contributed by atoms with Gasteiger partial charge >= 0.3 is 12.0 Å². The predicted molar refractivity (Wildman–Crippen MR) is 75.3 cm³/mol. The van der Waals surface area contributed by atoms with Gasteiger partial charge in [0.1, 0.15) is 0 Å². The number of nitrogens with zero attached hydrogens (tertiary/aromatic N) is 1. The van der Waals surface area contributed by atoms with Crippen LogP contribution in [0, 0.1) is 5.41 Å². The number of aliphatic carboxylic acids is 1. The zero-order valence-electron chi connectivity index (χ0n) is 12.1. The number of hydrogen-bond acceptors (Lipinski definition) is 3. The standard InChI is InChI=1S/C14H25N3O3/c1-14(12(18)19)6-8-17(9-7-14)13(20)16-11-5-3-2-4-10(11)15/h10-11H,2-9,15H2,1H3,(H,16,20)(H,18,19). The fourth-order valence-electron chi connectivity index (χ4n) is 3.01. The minimum Gasteiger partial charge on any atom is -0.481 e. The Hall–Kier alpha value is -1.30. The number of urea groups is 1. The molecule has 1 aliphatic carbocycles. The molecule has 1 heterocycles. The first-order valence-electron chi connectivity index (χ1n) is 7.47. The van der Waals surface area contributed by atoms with E-state index < -0.39 is 11.4 Å². The van der Waals surface area contributed by atoms with Crippen molar-refractivity contribution in [2.24, 2.45) is 11.1 Å². The van der Waals surface area contributed by atoms with E-state index in [1.54, 1.807) is 11.8 Å². The highest BCUT2D eigenvalue weighted by molar-refractivity contribution is 5.77. The molecular weight excluding hydrogens is 258 g/mol. The molecule has 2 atom stereocenters. The molecule has 2 aliphatic rings. The van der Waals surface area contributed by atoms with Crippen molar-refractivity contribution in [1.82, 2.24) is 10.2 Å². The van der Waals surface area contributed by atoms with Crippen molar-refractivity contribution < 1.29 is 14.7 Å². The van der Waals surface area contributed by atoms with Crippen LogP contribution in [0.15, 0.2) is 0 Å². The number of piperidine rings is 1. The molecule has 6 heteroatoms. The van der Waals surface area contributed by atoms with Gasteiger partial charge in [-0.2, -0.15) is 0 Å². The number of carbonyl (C=O) groups excluding carboxylic acids is 1. The lowest BCUT2D eigenvalue weighted by molar-refractivity contribution is -0.150. The molecule has 0 bridgehead atoms. The van der Waals surface area contributed by atoms with Gasteiger partial charge in [0.2, 0.25) is 0 Å². The zero-order valence-corrected chi connectivity index (χ0v) is 12.1. The molecule has 6 nitrogen and oxygen atoms in total. The minimum absolute atomic E-state index is 0.0433. The van der Waals surface area contributed by atoms with Gasteiger partial charge in [-0.3, -0.25) is 4.79 Å². The third kappa shape index (κ3) is 3.23. The summed E-state index contributed by atoms with van der Waals surface area (Å²) in [6.07, 6.45) is 5.15. The lowest BCUT2D eigenvalue weighted by atomic mass is 9.80. The highest BCUT2D eigenvalue weighted by atomic mass is 16.4. The number of nitrogens with two attached hydrogens (primary N) is 1. The molecule has 0 radical (unpaired) electrons. The molecule has 1 aliphatic heterocycles. The minimum atomic E-state index is -0.771. The summed E-state index contributed by atoms with van der Waals surface area (Å²) < 4.78 is 0. The number of carbonyl (C=O) groups is 2. The summed E-state index contributed by atoms with van der Waals surface area (Å²) in [4.78, 5) is 25.1. The highest BCUT2D eigenvalue weighted by Gasteiger charge is 2.38. The summed E-state index contributed by atoms with van der Waals surface area (Å²) in [6, 6.07) is 0.00518. The SMILES string of the molecule is CC1(C(=O)O)CCN(C(=O)NC2CCCCC2N)CC1. The molecule has 20 heavy (non-hydrogen) atoms. The van der Waals surface area contributed by atoms with Crippen LogP contribution in [0.4, 0.5) is 4.79 Å². The smallest absolute Gasteiger partial charge is 0.317 e. The Morgan fingerprint density at radius 3 is 2.40 bits per heavy atom. The number of hydrogen-bond donors (Lipinski definition) is 3. The second-order valence-electron chi connectivity index (χ2n) is 6.36. The van der Waals surface area contributed by atoms with Crippen LogP contribution in [0.3, 0.4) is 0 Å². The van der Waals surface area contributed by atoms with Gasteiger partial charge in [0, 0.05) is 25.2 Å². The maximum absolute atomic E-state index is 12.2. The second-order valence-corrected chi connectivity index (χ2v) is 6.36. The van der Waals surface area contributed by atoms with Crippen LogP contribution in [0.25, 0.3) is 0 Å². The lowest BCUT2D eigenvalue weighted by Crippen LogP contribution is -2.55. The Morgan fingerprint density at radius 1 is 1.25 bits per heavy atom. The average molecular weight is 283 g/mol. The van der Waals surface area contributed by atoms with E-state index >= 15 is 0 Å². The van der Waals surface area contributed by atoms with Crippen molar-refractivity contribution in [1.29, 1.82) is 0 Å². The van der Waals surface area contributed by atoms with E-state index in [9.17, 15) is 14.7 Å². The van der Waals surface area contributed by atoms with E-state index in [1.807, 2.05) is 0 Å². The number of amides is 2. The van der Waals surface area contributed by atoms with Crippen LogP contribution in [-0.2, 0) is 4.79 Å². The number of likely N-dealkylation sites (tertiary alicyclic amines) is 1. The largest absolute Gasteiger partial charge is 0.481 e. The summed E-state index contributed by atoms with van der Waals surface area (Å²) in [5.74, 6) is -0.771. The molecule has 0 aromatic heterocycles. The fourth-order valence-corrected chi connectivity index (χ4v) is 3.01. The van der Waals surface area contributed by atoms with Crippen molar-refractivity contribution in [3.8, 4) is 0 Å². The van der Waals surface area contributed by atoms with Crippen molar-refractivity contribution in [2.75, 3.05) is 13.1 Å². The van der Waals surface area contributed by atoms with Gasteiger partial charge in [-0.15, -0.1) is 0 Å². The molecule has 0 aromatic rings. The maximum atomic E-state index is 12.2. The first kappa shape index (κ1) is 15.1. The third-order valence-electron chi connectivity index (χ3n) is 4.80. The van der Waals surface area contributed by atoms with Crippen LogP contribution in [0.2, 0.25) is 0 Å². The molecule has 0 spiro atoms. The van der Waals surface area contributed by atoms with Crippen LogP contribution in [0.5, 0.6) is 0 Å². The molecule has 2 unspecified atom stereocenters. The van der Waals surface area contributed by atoms with Crippen LogP contribution in [0.1, 0.15) is 45.4 Å².